The molecule has 0 bridgehead atoms. The zero-order valence-electron chi connectivity index (χ0n) is 11.3. The van der Waals surface area contributed by atoms with E-state index in [9.17, 15) is 13.2 Å². The van der Waals surface area contributed by atoms with Gasteiger partial charge in [-0.3, -0.25) is 4.79 Å². The van der Waals surface area contributed by atoms with Gasteiger partial charge in [-0.1, -0.05) is 13.3 Å². The second-order valence-electron chi connectivity index (χ2n) is 4.02. The summed E-state index contributed by atoms with van der Waals surface area (Å²) >= 11 is 0. The molecule has 0 atom stereocenters. The van der Waals surface area contributed by atoms with Gasteiger partial charge < -0.3 is 4.90 Å². The maximum Gasteiger partial charge on any atom is 0.237 e. The minimum absolute atomic E-state index is 0.0412. The SMILES string of the molecule is CCCCN(CC(=O)N(CC)CC)S(C)(=O)=O. The van der Waals surface area contributed by atoms with Gasteiger partial charge >= 0.3 is 0 Å². The molecule has 0 aliphatic rings. The standard InChI is InChI=1S/C11H24N2O3S/c1-5-8-9-13(17(4,15)16)10-11(14)12(6-2)7-3/h5-10H2,1-4H3. The quantitative estimate of drug-likeness (QED) is 0.655. The molecule has 0 spiro atoms. The molecule has 0 saturated heterocycles. The van der Waals surface area contributed by atoms with Crippen molar-refractivity contribution in [3.63, 3.8) is 0 Å². The number of carbonyl (C=O) groups excluding carboxylic acids is 1. The summed E-state index contributed by atoms with van der Waals surface area (Å²) in [6.07, 6.45) is 2.84. The summed E-state index contributed by atoms with van der Waals surface area (Å²) in [5, 5.41) is 0. The van der Waals surface area contributed by atoms with Gasteiger partial charge in [0.1, 0.15) is 0 Å². The van der Waals surface area contributed by atoms with Crippen LogP contribution in [0, 0.1) is 0 Å². The van der Waals surface area contributed by atoms with Gasteiger partial charge in [-0.25, -0.2) is 8.42 Å². The van der Waals surface area contributed by atoms with E-state index in [1.54, 1.807) is 4.90 Å². The predicted octanol–water partition coefficient (Wildman–Crippen LogP) is 0.917. The molecule has 0 aliphatic heterocycles. The van der Waals surface area contributed by atoms with Crippen LogP contribution in [0.25, 0.3) is 0 Å². The first-order valence-corrected chi connectivity index (χ1v) is 7.94. The molecular formula is C11H24N2O3S. The maximum atomic E-state index is 11.8. The Morgan fingerprint density at radius 3 is 2.00 bits per heavy atom. The van der Waals surface area contributed by atoms with Crippen LogP contribution >= 0.6 is 0 Å². The van der Waals surface area contributed by atoms with Crippen LogP contribution < -0.4 is 0 Å². The van der Waals surface area contributed by atoms with Crippen LogP contribution in [0.5, 0.6) is 0 Å². The molecule has 0 aromatic rings. The van der Waals surface area contributed by atoms with Gasteiger partial charge in [0, 0.05) is 19.6 Å². The van der Waals surface area contributed by atoms with Crippen molar-refractivity contribution in [2.24, 2.45) is 0 Å². The Labute approximate surface area is 105 Å². The second-order valence-corrected chi connectivity index (χ2v) is 6.00. The fraction of sp³-hybridized carbons (Fsp3) is 0.909. The molecule has 0 rings (SSSR count). The van der Waals surface area contributed by atoms with Crippen LogP contribution in [0.1, 0.15) is 33.6 Å². The van der Waals surface area contributed by atoms with Crippen LogP contribution in [0.15, 0.2) is 0 Å². The average Bonchev–Trinajstić information content (AvgIpc) is 2.24. The van der Waals surface area contributed by atoms with Crippen molar-refractivity contribution in [1.82, 2.24) is 9.21 Å². The molecule has 0 aliphatic carbocycles. The Morgan fingerprint density at radius 2 is 1.65 bits per heavy atom. The molecule has 0 unspecified atom stereocenters. The number of hydrogen-bond donors (Lipinski definition) is 0. The maximum absolute atomic E-state index is 11.8. The number of rotatable bonds is 8. The van der Waals surface area contributed by atoms with Crippen molar-refractivity contribution in [2.75, 3.05) is 32.4 Å². The Balaban J connectivity index is 4.59. The lowest BCUT2D eigenvalue weighted by Gasteiger charge is -2.24. The van der Waals surface area contributed by atoms with E-state index in [4.69, 9.17) is 0 Å². The molecule has 1 amide bonds. The first kappa shape index (κ1) is 16.4. The fourth-order valence-corrected chi connectivity index (χ4v) is 2.33. The molecule has 0 fully saturated rings. The molecular weight excluding hydrogens is 240 g/mol. The highest BCUT2D eigenvalue weighted by Crippen LogP contribution is 2.03. The summed E-state index contributed by atoms with van der Waals surface area (Å²) in [5.74, 6) is -0.128. The average molecular weight is 264 g/mol. The first-order valence-electron chi connectivity index (χ1n) is 6.09. The van der Waals surface area contributed by atoms with Gasteiger partial charge in [0.15, 0.2) is 0 Å². The zero-order valence-corrected chi connectivity index (χ0v) is 12.1. The van der Waals surface area contributed by atoms with Gasteiger partial charge in [0.2, 0.25) is 15.9 Å². The van der Waals surface area contributed by atoms with Crippen LogP contribution in [0.2, 0.25) is 0 Å². The predicted molar refractivity (Wildman–Crippen MR) is 69.3 cm³/mol. The molecule has 0 heterocycles. The summed E-state index contributed by atoms with van der Waals surface area (Å²) in [6.45, 7) is 7.37. The zero-order chi connectivity index (χ0) is 13.5. The van der Waals surface area contributed by atoms with Crippen molar-refractivity contribution in [1.29, 1.82) is 0 Å². The third-order valence-electron chi connectivity index (χ3n) is 2.66. The summed E-state index contributed by atoms with van der Waals surface area (Å²) in [5.41, 5.74) is 0. The van der Waals surface area contributed by atoms with Gasteiger partial charge in [0.05, 0.1) is 12.8 Å². The van der Waals surface area contributed by atoms with Crippen molar-refractivity contribution in [2.45, 2.75) is 33.6 Å². The normalized spacial score (nSPS) is 11.8. The molecule has 5 nitrogen and oxygen atoms in total. The third kappa shape index (κ3) is 6.02. The minimum atomic E-state index is -3.30. The van der Waals surface area contributed by atoms with Crippen molar-refractivity contribution >= 4 is 15.9 Å². The summed E-state index contributed by atoms with van der Waals surface area (Å²) in [6, 6.07) is 0. The monoisotopic (exact) mass is 264 g/mol. The second kappa shape index (κ2) is 7.66. The summed E-state index contributed by atoms with van der Waals surface area (Å²) in [7, 11) is -3.30. The minimum Gasteiger partial charge on any atom is -0.342 e. The van der Waals surface area contributed by atoms with Gasteiger partial charge in [-0.15, -0.1) is 0 Å². The van der Waals surface area contributed by atoms with E-state index in [1.165, 1.54) is 4.31 Å². The topological polar surface area (TPSA) is 57.7 Å². The molecule has 0 N–H and O–H groups in total. The van der Waals surface area contributed by atoms with Crippen LogP contribution in [0.4, 0.5) is 0 Å². The highest BCUT2D eigenvalue weighted by molar-refractivity contribution is 7.88. The number of nitrogens with zero attached hydrogens (tertiary/aromatic N) is 2. The van der Waals surface area contributed by atoms with E-state index in [0.717, 1.165) is 19.1 Å². The Kier molecular flexibility index (Phi) is 7.38. The number of likely N-dealkylation sites (N-methyl/N-ethyl adjacent to an activating group) is 1. The molecule has 0 aromatic carbocycles. The Bertz CT molecular complexity index is 324. The van der Waals surface area contributed by atoms with Crippen molar-refractivity contribution < 1.29 is 13.2 Å². The van der Waals surface area contributed by atoms with E-state index in [1.807, 2.05) is 20.8 Å². The molecule has 102 valence electrons. The lowest BCUT2D eigenvalue weighted by molar-refractivity contribution is -0.131. The van der Waals surface area contributed by atoms with E-state index < -0.39 is 10.0 Å². The number of sulfonamides is 1. The fourth-order valence-electron chi connectivity index (χ4n) is 1.52. The highest BCUT2D eigenvalue weighted by Gasteiger charge is 2.21. The van der Waals surface area contributed by atoms with Crippen LogP contribution in [-0.2, 0) is 14.8 Å². The molecule has 17 heavy (non-hydrogen) atoms. The van der Waals surface area contributed by atoms with Gasteiger partial charge in [-0.2, -0.15) is 4.31 Å². The molecule has 6 heteroatoms. The Hall–Kier alpha value is -0.620. The van der Waals surface area contributed by atoms with Crippen molar-refractivity contribution in [3.05, 3.63) is 0 Å². The number of unbranched alkanes of at least 4 members (excludes halogenated alkanes) is 1. The third-order valence-corrected chi connectivity index (χ3v) is 3.91. The summed E-state index contributed by atoms with van der Waals surface area (Å²) < 4.78 is 24.3. The number of amides is 1. The lowest BCUT2D eigenvalue weighted by atomic mass is 10.3. The molecule has 0 aromatic heterocycles. The number of hydrogen-bond acceptors (Lipinski definition) is 3. The molecule has 0 radical (unpaired) electrons. The lowest BCUT2D eigenvalue weighted by Crippen LogP contribution is -2.42. The van der Waals surface area contributed by atoms with Gasteiger partial charge in [-0.05, 0) is 20.3 Å². The number of carbonyl (C=O) groups is 1. The van der Waals surface area contributed by atoms with Gasteiger partial charge in [0.25, 0.3) is 0 Å². The van der Waals surface area contributed by atoms with Crippen molar-refractivity contribution in [3.8, 4) is 0 Å². The summed E-state index contributed by atoms with van der Waals surface area (Å²) in [4.78, 5) is 13.5. The smallest absolute Gasteiger partial charge is 0.237 e. The highest BCUT2D eigenvalue weighted by atomic mass is 32.2. The first-order chi connectivity index (χ1) is 7.86. The molecule has 0 saturated carbocycles. The van der Waals surface area contributed by atoms with E-state index in [-0.39, 0.29) is 12.5 Å². The Morgan fingerprint density at radius 1 is 1.12 bits per heavy atom. The van der Waals surface area contributed by atoms with E-state index >= 15 is 0 Å². The van der Waals surface area contributed by atoms with Crippen LogP contribution in [-0.4, -0.2) is 56.0 Å². The van der Waals surface area contributed by atoms with E-state index in [2.05, 4.69) is 0 Å². The largest absolute Gasteiger partial charge is 0.342 e. The van der Waals surface area contributed by atoms with Crippen LogP contribution in [0.3, 0.4) is 0 Å². The van der Waals surface area contributed by atoms with E-state index in [0.29, 0.717) is 19.6 Å².